The Kier molecular flexibility index (Phi) is 17.7. The highest BCUT2D eigenvalue weighted by molar-refractivity contribution is 7.48. The summed E-state index contributed by atoms with van der Waals surface area (Å²) in [6, 6.07) is 10.5. The van der Waals surface area contributed by atoms with Crippen LogP contribution in [-0.4, -0.2) is 136 Å². The van der Waals surface area contributed by atoms with Gasteiger partial charge < -0.3 is 38.1 Å². The van der Waals surface area contributed by atoms with Crippen LogP contribution in [0.25, 0.3) is 22.3 Å². The molecule has 8 rings (SSSR count). The molecule has 3 saturated heterocycles. The first kappa shape index (κ1) is 57.6. The van der Waals surface area contributed by atoms with E-state index in [1.54, 1.807) is 39.5 Å². The molecule has 25 nitrogen and oxygen atoms in total. The second kappa shape index (κ2) is 23.4. The zero-order chi connectivity index (χ0) is 54.8. The third-order valence-electron chi connectivity index (χ3n) is 14.5. The number of imidazole rings is 2. The van der Waals surface area contributed by atoms with E-state index in [0.29, 0.717) is 18.6 Å². The maximum absolute atomic E-state index is 15.6. The minimum absolute atomic E-state index is 0.0614. The average Bonchev–Trinajstić information content (AvgIpc) is 4.17. The second-order valence-corrected chi connectivity index (χ2v) is 33.6. The molecule has 0 radical (unpaired) electrons. The number of aromatic nitrogens is 8. The van der Waals surface area contributed by atoms with Gasteiger partial charge in [-0.3, -0.25) is 32.3 Å². The van der Waals surface area contributed by atoms with Crippen LogP contribution in [0.2, 0.25) is 36.3 Å². The molecule has 0 aliphatic carbocycles. The Morgan fingerprint density at radius 2 is 1.50 bits per heavy atom. The summed E-state index contributed by atoms with van der Waals surface area (Å²) < 4.78 is 95.9. The molecular formula is C47H67N10O15P2Si2+. The van der Waals surface area contributed by atoms with Crippen molar-refractivity contribution in [1.82, 2.24) is 39.0 Å². The molecule has 7 unspecified atom stereocenters. The molecule has 3 fully saturated rings. The lowest BCUT2D eigenvalue weighted by molar-refractivity contribution is -0.214. The Morgan fingerprint density at radius 1 is 0.868 bits per heavy atom. The standard InChI is InChI=1S/C47H66N10O15P2Si2/c1-46(2,3)75(7,8)71-36-31(68-44(37(36)69-32-19-14-15-21-63-32)57-28-54-34-41(57)51-26-52-43(34)59)24-66-74(62,65-22-16-20-48)70-35-30(23-64-73(60)61)67-45(38(35)72-76(9,10)47(4,5)6)56-27-53-33-39(49-25-50-40(33)56)55-42(58)29-17-12-11-13-18-29/h11-13,17-18,25-28,30-32,35-38,44-45H,14-16,19,21-24H2,1-10H3,(H2-,49,50,51,52,55,58,59,60,61)/p+1/t30?,31?,32?,35-,36-,37-,38-,44?,45?,74?/m1/s1. The number of phosphoric ester groups is 1. The number of aromatic amines is 1. The summed E-state index contributed by atoms with van der Waals surface area (Å²) in [4.78, 5) is 61.0. The van der Waals surface area contributed by atoms with E-state index in [4.69, 9.17) is 45.9 Å². The van der Waals surface area contributed by atoms with E-state index in [0.717, 1.165) is 12.8 Å². The van der Waals surface area contributed by atoms with Crippen LogP contribution < -0.4 is 10.9 Å². The summed E-state index contributed by atoms with van der Waals surface area (Å²) >= 11 is 0. The minimum atomic E-state index is -4.92. The first-order valence-corrected chi connectivity index (χ1v) is 33.4. The third-order valence-corrected chi connectivity index (χ3v) is 25.3. The highest BCUT2D eigenvalue weighted by atomic mass is 31.2. The Bertz CT molecular complexity index is 3000. The highest BCUT2D eigenvalue weighted by Gasteiger charge is 2.57. The minimum Gasteiger partial charge on any atom is -0.408 e. The van der Waals surface area contributed by atoms with E-state index in [2.05, 4.69) is 69.1 Å². The van der Waals surface area contributed by atoms with Crippen LogP contribution in [-0.2, 0) is 55.0 Å². The van der Waals surface area contributed by atoms with Gasteiger partial charge in [-0.2, -0.15) is 5.26 Å². The van der Waals surface area contributed by atoms with Gasteiger partial charge in [0.2, 0.25) is 0 Å². The molecule has 1 amide bonds. The normalized spacial score (nSPS) is 25.7. The fraction of sp³-hybridized carbons (Fsp3) is 0.617. The van der Waals surface area contributed by atoms with Crippen molar-refractivity contribution in [2.75, 3.05) is 31.7 Å². The van der Waals surface area contributed by atoms with E-state index >= 15 is 4.57 Å². The average molecular weight is 1130 g/mol. The summed E-state index contributed by atoms with van der Waals surface area (Å²) in [6.07, 6.45) is -2.38. The number of anilines is 1. The van der Waals surface area contributed by atoms with Crippen molar-refractivity contribution in [2.45, 2.75) is 159 Å². The Hall–Kier alpha value is -4.60. The fourth-order valence-corrected chi connectivity index (χ4v) is 12.7. The number of carbonyl (C=O) groups excluding carboxylic acids is 1. The topological polar surface area (TPSA) is 307 Å². The van der Waals surface area contributed by atoms with E-state index in [-0.39, 0.29) is 39.6 Å². The van der Waals surface area contributed by atoms with Crippen molar-refractivity contribution >= 4 is 66.8 Å². The zero-order valence-electron chi connectivity index (χ0n) is 44.2. The van der Waals surface area contributed by atoms with Crippen molar-refractivity contribution in [3.05, 3.63) is 71.6 Å². The van der Waals surface area contributed by atoms with Gasteiger partial charge in [0, 0.05) is 16.7 Å². The van der Waals surface area contributed by atoms with Gasteiger partial charge in [-0.25, -0.2) is 29.5 Å². The second-order valence-electron chi connectivity index (χ2n) is 21.7. The first-order valence-electron chi connectivity index (χ1n) is 25.0. The van der Waals surface area contributed by atoms with E-state index in [1.165, 1.54) is 25.3 Å². The molecule has 0 bridgehead atoms. The van der Waals surface area contributed by atoms with Gasteiger partial charge in [0.1, 0.15) is 49.6 Å². The molecule has 4 aromatic heterocycles. The molecule has 3 aliphatic heterocycles. The number of amides is 1. The molecule has 3 N–H and O–H groups in total. The lowest BCUT2D eigenvalue weighted by atomic mass is 10.1. The summed E-state index contributed by atoms with van der Waals surface area (Å²) in [6.45, 7) is 19.4. The number of hydrogen-bond donors (Lipinski definition) is 3. The van der Waals surface area contributed by atoms with Crippen molar-refractivity contribution in [3.63, 3.8) is 0 Å². The summed E-state index contributed by atoms with van der Waals surface area (Å²) in [7, 11) is -13.7. The molecular weight excluding hydrogens is 1060 g/mol. The number of nitriles is 1. The van der Waals surface area contributed by atoms with Crippen molar-refractivity contribution in [3.8, 4) is 6.07 Å². The highest BCUT2D eigenvalue weighted by Crippen LogP contribution is 2.56. The molecule has 0 spiro atoms. The van der Waals surface area contributed by atoms with Crippen molar-refractivity contribution in [2.24, 2.45) is 0 Å². The quantitative estimate of drug-likeness (QED) is 0.0358. The Balaban J connectivity index is 1.18. The van der Waals surface area contributed by atoms with Crippen LogP contribution in [0.15, 0.2) is 60.4 Å². The van der Waals surface area contributed by atoms with Crippen molar-refractivity contribution < 1.29 is 64.7 Å². The van der Waals surface area contributed by atoms with Gasteiger partial charge in [-0.05, 0) is 67.7 Å². The number of hydrogen-bond acceptors (Lipinski definition) is 20. The molecule has 412 valence electrons. The monoisotopic (exact) mass is 1130 g/mol. The van der Waals surface area contributed by atoms with Gasteiger partial charge in [0.15, 0.2) is 63.5 Å². The summed E-state index contributed by atoms with van der Waals surface area (Å²) in [5, 5.41) is 11.7. The number of nitrogens with one attached hydrogen (secondary N) is 2. The van der Waals surface area contributed by atoms with Crippen LogP contribution in [0.3, 0.4) is 0 Å². The van der Waals surface area contributed by atoms with Crippen LogP contribution >= 0.6 is 16.1 Å². The number of H-pyrrole nitrogens is 1. The Labute approximate surface area is 442 Å². The summed E-state index contributed by atoms with van der Waals surface area (Å²) in [5.41, 5.74) is 0.579. The predicted molar refractivity (Wildman–Crippen MR) is 279 cm³/mol. The molecule has 76 heavy (non-hydrogen) atoms. The number of ether oxygens (including phenoxy) is 4. The number of fused-ring (bicyclic) bond motifs is 2. The van der Waals surface area contributed by atoms with Crippen LogP contribution in [0.1, 0.15) is 90.0 Å². The van der Waals surface area contributed by atoms with Crippen LogP contribution in [0, 0.1) is 11.3 Å². The maximum Gasteiger partial charge on any atom is 0.694 e. The van der Waals surface area contributed by atoms with E-state index < -0.39 is 124 Å². The number of carbonyl (C=O) groups is 1. The largest absolute Gasteiger partial charge is 0.694 e. The lowest BCUT2D eigenvalue weighted by Crippen LogP contribution is -2.51. The number of benzene rings is 1. The SMILES string of the molecule is CC(C)(C)[Si](C)(C)O[C@@H]1C(COP(=O)(OCCC#N)O[C@@H]2C(CO[P+](=O)O)OC(n3cnc4c(NC(=O)c5ccccc5)ncnc43)[C@@H]2O[Si](C)(C)C(C)(C)C)OC(n2cnc3c(=O)[nH]cnc32)[C@@H]1OC1CCCCO1. The van der Waals surface area contributed by atoms with Gasteiger partial charge in [-0.1, -0.05) is 59.7 Å². The fourth-order valence-electron chi connectivity index (χ4n) is 8.40. The van der Waals surface area contributed by atoms with Crippen LogP contribution in [0.4, 0.5) is 5.82 Å². The van der Waals surface area contributed by atoms with Crippen molar-refractivity contribution in [1.29, 1.82) is 5.26 Å². The molecule has 0 saturated carbocycles. The first-order chi connectivity index (χ1) is 35.9. The maximum atomic E-state index is 15.6. The molecule has 1 aromatic carbocycles. The van der Waals surface area contributed by atoms with Gasteiger partial charge in [0.05, 0.1) is 44.7 Å². The summed E-state index contributed by atoms with van der Waals surface area (Å²) in [5.74, 6) is -0.340. The molecule has 11 atom stereocenters. The van der Waals surface area contributed by atoms with Gasteiger partial charge >= 0.3 is 16.1 Å². The van der Waals surface area contributed by atoms with Gasteiger partial charge in [-0.15, -0.1) is 9.42 Å². The zero-order valence-corrected chi connectivity index (χ0v) is 48.0. The molecule has 7 heterocycles. The molecule has 29 heteroatoms. The smallest absolute Gasteiger partial charge is 0.408 e. The Morgan fingerprint density at radius 3 is 2.13 bits per heavy atom. The predicted octanol–water partition coefficient (Wildman–Crippen LogP) is 7.81. The van der Waals surface area contributed by atoms with Crippen LogP contribution in [0.5, 0.6) is 0 Å². The van der Waals surface area contributed by atoms with Gasteiger partial charge in [0.25, 0.3) is 11.5 Å². The molecule has 5 aromatic rings. The third kappa shape index (κ3) is 12.8. The number of phosphoric acid groups is 1. The molecule has 3 aliphatic rings. The van der Waals surface area contributed by atoms with E-state index in [1.807, 2.05) is 39.9 Å². The number of nitrogens with zero attached hydrogens (tertiary/aromatic N) is 8. The number of rotatable bonds is 21. The van der Waals surface area contributed by atoms with E-state index in [9.17, 15) is 24.3 Å². The lowest BCUT2D eigenvalue weighted by Gasteiger charge is -2.41.